The second-order valence-electron chi connectivity index (χ2n) is 8.31. The van der Waals surface area contributed by atoms with Crippen LogP contribution in [-0.2, 0) is 30.9 Å². The van der Waals surface area contributed by atoms with Crippen LogP contribution < -0.4 is 15.5 Å². The highest BCUT2D eigenvalue weighted by Gasteiger charge is 2.22. The minimum atomic E-state index is 0.258. The van der Waals surface area contributed by atoms with Crippen molar-refractivity contribution >= 4 is 11.8 Å². The zero-order chi connectivity index (χ0) is 22.3. The monoisotopic (exact) mass is 441 g/mol. The average molecular weight is 442 g/mol. The number of nitrogens with zero attached hydrogens (tertiary/aromatic N) is 7. The lowest BCUT2D eigenvalue weighted by atomic mass is 10.1. The third kappa shape index (κ3) is 5.55. The molecule has 1 unspecified atom stereocenters. The second kappa shape index (κ2) is 10.7. The van der Waals surface area contributed by atoms with E-state index < -0.39 is 0 Å². The second-order valence-corrected chi connectivity index (χ2v) is 8.31. The highest BCUT2D eigenvalue weighted by molar-refractivity contribution is 5.80. The van der Waals surface area contributed by atoms with E-state index in [2.05, 4.69) is 59.5 Å². The normalized spacial score (nSPS) is 19.7. The number of fused-ring (bicyclic) bond motifs is 1. The van der Waals surface area contributed by atoms with E-state index in [0.717, 1.165) is 75.5 Å². The van der Waals surface area contributed by atoms with Crippen molar-refractivity contribution in [3.8, 4) is 0 Å². The summed E-state index contributed by atoms with van der Waals surface area (Å²) in [5.41, 5.74) is 1.20. The largest absolute Gasteiger partial charge is 0.377 e. The lowest BCUT2D eigenvalue weighted by Crippen LogP contribution is -2.47. The summed E-state index contributed by atoms with van der Waals surface area (Å²) in [5, 5.41) is 11.5. The fraction of sp³-hybridized carbons (Fsp3) is 0.636. The summed E-state index contributed by atoms with van der Waals surface area (Å²) in [5.74, 6) is 3.63. The lowest BCUT2D eigenvalue weighted by molar-refractivity contribution is 0.177. The Bertz CT molecular complexity index is 905. The van der Waals surface area contributed by atoms with Crippen molar-refractivity contribution < 1.29 is 4.74 Å². The van der Waals surface area contributed by atoms with Crippen LogP contribution in [0.25, 0.3) is 0 Å². The minimum Gasteiger partial charge on any atom is -0.377 e. The van der Waals surface area contributed by atoms with Crippen molar-refractivity contribution in [3.63, 3.8) is 0 Å². The first-order chi connectivity index (χ1) is 15.7. The van der Waals surface area contributed by atoms with Crippen molar-refractivity contribution in [2.45, 2.75) is 45.5 Å². The van der Waals surface area contributed by atoms with Gasteiger partial charge in [0.2, 0.25) is 0 Å². The molecule has 0 aliphatic carbocycles. The van der Waals surface area contributed by atoms with E-state index in [1.807, 2.05) is 10.9 Å². The summed E-state index contributed by atoms with van der Waals surface area (Å²) in [6, 6.07) is 4.50. The van der Waals surface area contributed by atoms with Gasteiger partial charge in [-0.3, -0.25) is 4.99 Å². The van der Waals surface area contributed by atoms with E-state index in [1.165, 1.54) is 5.56 Å². The molecular formula is C22H35N9O. The molecule has 4 heterocycles. The first kappa shape index (κ1) is 22.5. The maximum absolute atomic E-state index is 5.15. The van der Waals surface area contributed by atoms with Crippen molar-refractivity contribution in [1.82, 2.24) is 35.3 Å². The number of ether oxygens (including phenoxy) is 1. The molecule has 2 aromatic rings. The number of anilines is 1. The molecule has 32 heavy (non-hydrogen) atoms. The molecule has 0 bridgehead atoms. The standard InChI is InChI=1S/C22H35N9O/c1-4-29-9-11-30(12-10-29)21-13-17(7-8-24-21)14-25-22(23-2)26-18-5-6-20-27-19(16-32-3)28-31(20)15-18/h7-8,13,18H,4-6,9-12,14-16H2,1-3H3,(H2,23,25,26). The van der Waals surface area contributed by atoms with Gasteiger partial charge in [0.05, 0.1) is 6.54 Å². The third-order valence-electron chi connectivity index (χ3n) is 6.15. The summed E-state index contributed by atoms with van der Waals surface area (Å²) in [6.07, 6.45) is 3.79. The Morgan fingerprint density at radius 2 is 2.12 bits per heavy atom. The number of guanidine groups is 1. The molecule has 0 radical (unpaired) electrons. The van der Waals surface area contributed by atoms with Gasteiger partial charge in [0.15, 0.2) is 11.8 Å². The predicted molar refractivity (Wildman–Crippen MR) is 125 cm³/mol. The molecule has 2 N–H and O–H groups in total. The van der Waals surface area contributed by atoms with E-state index in [0.29, 0.717) is 13.2 Å². The number of hydrogen-bond donors (Lipinski definition) is 2. The molecule has 0 aromatic carbocycles. The van der Waals surface area contributed by atoms with Gasteiger partial charge in [-0.25, -0.2) is 14.6 Å². The number of likely N-dealkylation sites (N-methyl/N-ethyl adjacent to an activating group) is 1. The number of rotatable bonds is 7. The predicted octanol–water partition coefficient (Wildman–Crippen LogP) is 0.641. The Morgan fingerprint density at radius 1 is 1.28 bits per heavy atom. The lowest BCUT2D eigenvalue weighted by Gasteiger charge is -2.34. The number of nitrogens with one attached hydrogen (secondary N) is 2. The SMILES string of the molecule is CCN1CCN(c2cc(CNC(=NC)NC3CCc4nc(COC)nn4C3)ccn2)CC1. The molecule has 2 aliphatic rings. The molecule has 0 saturated carbocycles. The van der Waals surface area contributed by atoms with Crippen molar-refractivity contribution in [2.24, 2.45) is 4.99 Å². The fourth-order valence-corrected chi connectivity index (χ4v) is 4.28. The summed E-state index contributed by atoms with van der Waals surface area (Å²) in [6.45, 7) is 9.50. The average Bonchev–Trinajstić information content (AvgIpc) is 3.24. The zero-order valence-corrected chi connectivity index (χ0v) is 19.4. The molecule has 1 atom stereocenters. The smallest absolute Gasteiger partial charge is 0.191 e. The van der Waals surface area contributed by atoms with Crippen LogP contribution in [0.4, 0.5) is 5.82 Å². The number of aliphatic imine (C=N–C) groups is 1. The van der Waals surface area contributed by atoms with Crippen molar-refractivity contribution in [1.29, 1.82) is 0 Å². The number of aromatic nitrogens is 4. The number of aryl methyl sites for hydroxylation is 1. The van der Waals surface area contributed by atoms with E-state index in [4.69, 9.17) is 4.74 Å². The number of methoxy groups -OCH3 is 1. The van der Waals surface area contributed by atoms with E-state index >= 15 is 0 Å². The Balaban J connectivity index is 1.29. The molecule has 0 amide bonds. The maximum Gasteiger partial charge on any atom is 0.191 e. The van der Waals surface area contributed by atoms with E-state index in [1.54, 1.807) is 14.2 Å². The van der Waals surface area contributed by atoms with Crippen LogP contribution in [0.15, 0.2) is 23.3 Å². The number of hydrogen-bond acceptors (Lipinski definition) is 7. The van der Waals surface area contributed by atoms with Crippen LogP contribution >= 0.6 is 0 Å². The molecule has 1 fully saturated rings. The summed E-state index contributed by atoms with van der Waals surface area (Å²) in [4.78, 5) is 18.4. The molecule has 1 saturated heterocycles. The number of piperazine rings is 1. The van der Waals surface area contributed by atoms with Crippen LogP contribution in [0.2, 0.25) is 0 Å². The van der Waals surface area contributed by atoms with Gasteiger partial charge in [0, 0.05) is 65.5 Å². The quantitative estimate of drug-likeness (QED) is 0.478. The molecule has 2 aromatic heterocycles. The summed E-state index contributed by atoms with van der Waals surface area (Å²) in [7, 11) is 3.47. The molecule has 0 spiro atoms. The number of pyridine rings is 1. The first-order valence-electron chi connectivity index (χ1n) is 11.5. The fourth-order valence-electron chi connectivity index (χ4n) is 4.28. The van der Waals surface area contributed by atoms with Gasteiger partial charge in [0.25, 0.3) is 0 Å². The first-order valence-corrected chi connectivity index (χ1v) is 11.5. The highest BCUT2D eigenvalue weighted by Crippen LogP contribution is 2.16. The van der Waals surface area contributed by atoms with Crippen molar-refractivity contribution in [3.05, 3.63) is 35.5 Å². The van der Waals surface area contributed by atoms with Gasteiger partial charge in [-0.2, -0.15) is 5.10 Å². The topological polar surface area (TPSA) is 95.7 Å². The molecule has 10 nitrogen and oxygen atoms in total. The summed E-state index contributed by atoms with van der Waals surface area (Å²) >= 11 is 0. The van der Waals surface area contributed by atoms with Crippen LogP contribution in [0, 0.1) is 0 Å². The van der Waals surface area contributed by atoms with Crippen molar-refractivity contribution in [2.75, 3.05) is 51.8 Å². The highest BCUT2D eigenvalue weighted by atomic mass is 16.5. The van der Waals surface area contributed by atoms with E-state index in [9.17, 15) is 0 Å². The van der Waals surface area contributed by atoms with Crippen LogP contribution in [-0.4, -0.2) is 83.5 Å². The van der Waals surface area contributed by atoms with Gasteiger partial charge in [-0.15, -0.1) is 0 Å². The Hall–Kier alpha value is -2.72. The van der Waals surface area contributed by atoms with Crippen LogP contribution in [0.5, 0.6) is 0 Å². The van der Waals surface area contributed by atoms with Gasteiger partial charge in [-0.1, -0.05) is 6.92 Å². The van der Waals surface area contributed by atoms with Gasteiger partial charge < -0.3 is 25.2 Å². The van der Waals surface area contributed by atoms with E-state index in [-0.39, 0.29) is 6.04 Å². The molecule has 10 heteroatoms. The molecule has 174 valence electrons. The van der Waals surface area contributed by atoms with Gasteiger partial charge in [0.1, 0.15) is 18.2 Å². The molecule has 2 aliphatic heterocycles. The Morgan fingerprint density at radius 3 is 2.88 bits per heavy atom. The Labute approximate surface area is 190 Å². The minimum absolute atomic E-state index is 0.258. The molecule has 4 rings (SSSR count). The zero-order valence-electron chi connectivity index (χ0n) is 19.4. The third-order valence-corrected chi connectivity index (χ3v) is 6.15. The molecular weight excluding hydrogens is 406 g/mol. The van der Waals surface area contributed by atoms with Crippen LogP contribution in [0.1, 0.15) is 30.6 Å². The maximum atomic E-state index is 5.15. The van der Waals surface area contributed by atoms with Gasteiger partial charge in [-0.05, 0) is 30.7 Å². The Kier molecular flexibility index (Phi) is 7.54. The van der Waals surface area contributed by atoms with Crippen LogP contribution in [0.3, 0.4) is 0 Å². The summed E-state index contributed by atoms with van der Waals surface area (Å²) < 4.78 is 7.14. The van der Waals surface area contributed by atoms with Gasteiger partial charge >= 0.3 is 0 Å².